The second kappa shape index (κ2) is 8.29. The second-order valence-electron chi connectivity index (χ2n) is 6.96. The molecule has 2 N–H and O–H groups in total. The SMILES string of the molecule is CC=CCC(=O)N1CCc2ncnc(N3CCCC(C(N)=O)C3)c2CC1. The summed E-state index contributed by atoms with van der Waals surface area (Å²) in [7, 11) is 0. The van der Waals surface area contributed by atoms with E-state index in [2.05, 4.69) is 14.9 Å². The third-order valence-corrected chi connectivity index (χ3v) is 5.27. The van der Waals surface area contributed by atoms with E-state index < -0.39 is 0 Å². The van der Waals surface area contributed by atoms with Crippen molar-refractivity contribution in [3.8, 4) is 0 Å². The molecule has 0 bridgehead atoms. The van der Waals surface area contributed by atoms with E-state index in [1.165, 1.54) is 0 Å². The van der Waals surface area contributed by atoms with E-state index >= 15 is 0 Å². The molecular formula is C19H27N5O2. The van der Waals surface area contributed by atoms with Gasteiger partial charge in [-0.3, -0.25) is 9.59 Å². The zero-order valence-corrected chi connectivity index (χ0v) is 15.4. The maximum Gasteiger partial charge on any atom is 0.226 e. The average molecular weight is 357 g/mol. The van der Waals surface area contributed by atoms with Crippen LogP contribution in [0, 0.1) is 5.92 Å². The normalized spacial score (nSPS) is 20.7. The van der Waals surface area contributed by atoms with Crippen LogP contribution in [-0.4, -0.2) is 52.9 Å². The van der Waals surface area contributed by atoms with Crippen molar-refractivity contribution in [3.63, 3.8) is 0 Å². The van der Waals surface area contributed by atoms with Gasteiger partial charge in [0.05, 0.1) is 11.6 Å². The van der Waals surface area contributed by atoms with Crippen molar-refractivity contribution >= 4 is 17.6 Å². The van der Waals surface area contributed by atoms with Crippen molar-refractivity contribution in [2.24, 2.45) is 11.7 Å². The summed E-state index contributed by atoms with van der Waals surface area (Å²) in [4.78, 5) is 37.0. The van der Waals surface area contributed by atoms with Crippen LogP contribution >= 0.6 is 0 Å². The summed E-state index contributed by atoms with van der Waals surface area (Å²) in [6, 6.07) is 0. The Hall–Kier alpha value is -2.44. The molecule has 3 heterocycles. The van der Waals surface area contributed by atoms with Gasteiger partial charge in [0.25, 0.3) is 0 Å². The molecule has 0 spiro atoms. The van der Waals surface area contributed by atoms with Gasteiger partial charge in [-0.05, 0) is 26.2 Å². The fraction of sp³-hybridized carbons (Fsp3) is 0.579. The molecule has 0 aromatic carbocycles. The zero-order chi connectivity index (χ0) is 18.5. The molecule has 1 aromatic heterocycles. The summed E-state index contributed by atoms with van der Waals surface area (Å²) in [6.07, 6.45) is 9.08. The summed E-state index contributed by atoms with van der Waals surface area (Å²) < 4.78 is 0. The number of nitrogens with zero attached hydrogens (tertiary/aromatic N) is 4. The summed E-state index contributed by atoms with van der Waals surface area (Å²) >= 11 is 0. The number of amides is 2. The number of carbonyl (C=O) groups is 2. The summed E-state index contributed by atoms with van der Waals surface area (Å²) in [5.74, 6) is 0.690. The van der Waals surface area contributed by atoms with Crippen molar-refractivity contribution in [3.05, 3.63) is 29.7 Å². The van der Waals surface area contributed by atoms with Gasteiger partial charge >= 0.3 is 0 Å². The number of anilines is 1. The molecule has 7 heteroatoms. The van der Waals surface area contributed by atoms with E-state index in [1.807, 2.05) is 24.0 Å². The lowest BCUT2D eigenvalue weighted by molar-refractivity contribution is -0.130. The first-order valence-corrected chi connectivity index (χ1v) is 9.36. The van der Waals surface area contributed by atoms with Crippen LogP contribution in [0.25, 0.3) is 0 Å². The van der Waals surface area contributed by atoms with Gasteiger partial charge in [-0.1, -0.05) is 12.2 Å². The third-order valence-electron chi connectivity index (χ3n) is 5.27. The van der Waals surface area contributed by atoms with Crippen LogP contribution in [0.5, 0.6) is 0 Å². The number of nitrogens with two attached hydrogens (primary N) is 1. The first-order chi connectivity index (χ1) is 12.6. The lowest BCUT2D eigenvalue weighted by Gasteiger charge is -2.33. The van der Waals surface area contributed by atoms with Crippen LogP contribution in [0.4, 0.5) is 5.82 Å². The molecule has 1 fully saturated rings. The van der Waals surface area contributed by atoms with Crippen LogP contribution in [0.3, 0.4) is 0 Å². The summed E-state index contributed by atoms with van der Waals surface area (Å²) in [6.45, 7) is 4.77. The standard InChI is InChI=1S/C19H27N5O2/c1-2-3-6-17(25)23-10-7-15-16(8-11-23)21-13-22-19(15)24-9-4-5-14(12-24)18(20)26/h2-3,13-14H,4-12H2,1H3,(H2,20,26). The molecule has 0 aliphatic carbocycles. The molecule has 1 unspecified atom stereocenters. The Morgan fingerprint density at radius 3 is 2.85 bits per heavy atom. The number of carbonyl (C=O) groups excluding carboxylic acids is 2. The molecule has 2 amide bonds. The first-order valence-electron chi connectivity index (χ1n) is 9.36. The maximum atomic E-state index is 12.3. The predicted octanol–water partition coefficient (Wildman–Crippen LogP) is 1.07. The number of piperidine rings is 1. The minimum absolute atomic E-state index is 0.126. The topological polar surface area (TPSA) is 92.4 Å². The molecule has 1 aromatic rings. The molecule has 0 radical (unpaired) electrons. The van der Waals surface area contributed by atoms with Crippen LogP contribution < -0.4 is 10.6 Å². The molecule has 1 saturated heterocycles. The molecule has 140 valence electrons. The van der Waals surface area contributed by atoms with E-state index in [0.717, 1.165) is 49.3 Å². The van der Waals surface area contributed by atoms with Crippen molar-refractivity contribution in [1.82, 2.24) is 14.9 Å². The van der Waals surface area contributed by atoms with Crippen molar-refractivity contribution < 1.29 is 9.59 Å². The zero-order valence-electron chi connectivity index (χ0n) is 15.4. The quantitative estimate of drug-likeness (QED) is 0.814. The highest BCUT2D eigenvalue weighted by atomic mass is 16.2. The van der Waals surface area contributed by atoms with Gasteiger partial charge in [0.1, 0.15) is 12.1 Å². The predicted molar refractivity (Wildman–Crippen MR) is 99.6 cm³/mol. The highest BCUT2D eigenvalue weighted by molar-refractivity contribution is 5.78. The molecule has 1 atom stereocenters. The van der Waals surface area contributed by atoms with Gasteiger partial charge in [0.15, 0.2) is 0 Å². The first kappa shape index (κ1) is 18.4. The van der Waals surface area contributed by atoms with Crippen molar-refractivity contribution in [1.29, 1.82) is 0 Å². The second-order valence-corrected chi connectivity index (χ2v) is 6.96. The molecule has 26 heavy (non-hydrogen) atoms. The fourth-order valence-corrected chi connectivity index (χ4v) is 3.78. The molecule has 2 aliphatic rings. The monoisotopic (exact) mass is 357 g/mol. The minimum atomic E-state index is -0.240. The Kier molecular flexibility index (Phi) is 5.85. The Labute approximate surface area is 154 Å². The van der Waals surface area contributed by atoms with Crippen molar-refractivity contribution in [2.75, 3.05) is 31.1 Å². The van der Waals surface area contributed by atoms with E-state index in [-0.39, 0.29) is 17.7 Å². The maximum absolute atomic E-state index is 12.3. The molecular weight excluding hydrogens is 330 g/mol. The Morgan fingerprint density at radius 2 is 2.08 bits per heavy atom. The number of fused-ring (bicyclic) bond motifs is 1. The average Bonchev–Trinajstić information content (AvgIpc) is 2.88. The van der Waals surface area contributed by atoms with Gasteiger partial charge < -0.3 is 15.5 Å². The van der Waals surface area contributed by atoms with E-state index in [4.69, 9.17) is 5.73 Å². The van der Waals surface area contributed by atoms with Gasteiger partial charge in [0, 0.05) is 44.6 Å². The highest BCUT2D eigenvalue weighted by Gasteiger charge is 2.28. The van der Waals surface area contributed by atoms with E-state index in [1.54, 1.807) is 6.33 Å². The molecule has 3 rings (SSSR count). The number of primary amides is 1. The number of hydrogen-bond donors (Lipinski definition) is 1. The lowest BCUT2D eigenvalue weighted by atomic mass is 9.96. The Morgan fingerprint density at radius 1 is 1.27 bits per heavy atom. The van der Waals surface area contributed by atoms with Crippen molar-refractivity contribution in [2.45, 2.75) is 39.0 Å². The Bertz CT molecular complexity index is 703. The van der Waals surface area contributed by atoms with Crippen LogP contribution in [-0.2, 0) is 22.4 Å². The van der Waals surface area contributed by atoms with Gasteiger partial charge in [-0.15, -0.1) is 0 Å². The minimum Gasteiger partial charge on any atom is -0.369 e. The Balaban J connectivity index is 1.77. The molecule has 0 saturated carbocycles. The third kappa shape index (κ3) is 4.03. The lowest BCUT2D eigenvalue weighted by Crippen LogP contribution is -2.42. The van der Waals surface area contributed by atoms with Gasteiger partial charge in [-0.2, -0.15) is 0 Å². The van der Waals surface area contributed by atoms with Gasteiger partial charge in [0.2, 0.25) is 11.8 Å². The smallest absolute Gasteiger partial charge is 0.226 e. The molecule has 7 nitrogen and oxygen atoms in total. The van der Waals surface area contributed by atoms with Crippen LogP contribution in [0.15, 0.2) is 18.5 Å². The fourth-order valence-electron chi connectivity index (χ4n) is 3.78. The summed E-state index contributed by atoms with van der Waals surface area (Å²) in [5.41, 5.74) is 7.64. The number of allylic oxidation sites excluding steroid dienone is 1. The van der Waals surface area contributed by atoms with E-state index in [9.17, 15) is 9.59 Å². The number of aromatic nitrogens is 2. The number of rotatable bonds is 4. The molecule has 2 aliphatic heterocycles. The van der Waals surface area contributed by atoms with Crippen LogP contribution in [0.2, 0.25) is 0 Å². The van der Waals surface area contributed by atoms with Crippen LogP contribution in [0.1, 0.15) is 37.4 Å². The summed E-state index contributed by atoms with van der Waals surface area (Å²) in [5, 5.41) is 0. The van der Waals surface area contributed by atoms with Gasteiger partial charge in [-0.25, -0.2) is 9.97 Å². The highest BCUT2D eigenvalue weighted by Crippen LogP contribution is 2.28. The number of hydrogen-bond acceptors (Lipinski definition) is 5. The largest absolute Gasteiger partial charge is 0.369 e. The van der Waals surface area contributed by atoms with E-state index in [0.29, 0.717) is 26.1 Å².